The molecule has 7 heteroatoms. The molecule has 30 heavy (non-hydrogen) atoms. The van der Waals surface area contributed by atoms with Crippen LogP contribution in [0.15, 0.2) is 71.9 Å². The van der Waals surface area contributed by atoms with Gasteiger partial charge in [0.15, 0.2) is 0 Å². The average molecular weight is 421 g/mol. The maximum Gasteiger partial charge on any atom is 0.258 e. The highest BCUT2D eigenvalue weighted by molar-refractivity contribution is 7.98. The molecule has 0 saturated heterocycles. The van der Waals surface area contributed by atoms with Crippen molar-refractivity contribution in [2.24, 2.45) is 0 Å². The molecule has 1 amide bonds. The van der Waals surface area contributed by atoms with Gasteiger partial charge in [0.25, 0.3) is 5.91 Å². The van der Waals surface area contributed by atoms with Crippen molar-refractivity contribution < 1.29 is 13.9 Å². The molecule has 3 rings (SSSR count). The molecule has 1 N–H and O–H groups in total. The van der Waals surface area contributed by atoms with E-state index < -0.39 is 0 Å². The number of nitrogens with one attached hydrogen (secondary N) is 1. The molecular formula is C23H20FN3O2S. The van der Waals surface area contributed by atoms with Crippen LogP contribution in [0.4, 0.5) is 10.1 Å². The van der Waals surface area contributed by atoms with Crippen molar-refractivity contribution >= 4 is 23.4 Å². The van der Waals surface area contributed by atoms with Crippen molar-refractivity contribution in [3.63, 3.8) is 0 Å². The summed E-state index contributed by atoms with van der Waals surface area (Å²) in [5, 5.41) is 12.0. The van der Waals surface area contributed by atoms with Crippen molar-refractivity contribution in [2.45, 2.75) is 23.6 Å². The standard InChI is InChI=1S/C23H20FN3O2S/c24-18-10-8-17(9-11-18)16-30-23-21(7-4-13-26-23)22(28)27-19-5-3-6-20(15-19)29-14-2-1-12-25/h3-11,13,15H,1-2,14,16H2,(H,27,28). The number of rotatable bonds is 9. The van der Waals surface area contributed by atoms with E-state index in [1.807, 2.05) is 0 Å². The van der Waals surface area contributed by atoms with E-state index in [-0.39, 0.29) is 11.7 Å². The van der Waals surface area contributed by atoms with Gasteiger partial charge in [-0.2, -0.15) is 5.26 Å². The Bertz CT molecular complexity index is 1040. The quantitative estimate of drug-likeness (QED) is 0.367. The van der Waals surface area contributed by atoms with Crippen LogP contribution in [-0.2, 0) is 5.75 Å². The second-order valence-corrected chi connectivity index (χ2v) is 7.33. The Morgan fingerprint density at radius 3 is 2.80 bits per heavy atom. The fraction of sp³-hybridized carbons (Fsp3) is 0.174. The number of pyridine rings is 1. The third-order valence-electron chi connectivity index (χ3n) is 4.10. The minimum atomic E-state index is -0.280. The molecule has 1 aromatic heterocycles. The summed E-state index contributed by atoms with van der Waals surface area (Å²) in [6, 6.07) is 18.9. The van der Waals surface area contributed by atoms with E-state index in [9.17, 15) is 9.18 Å². The number of ether oxygens (including phenoxy) is 1. The van der Waals surface area contributed by atoms with E-state index in [2.05, 4.69) is 16.4 Å². The summed E-state index contributed by atoms with van der Waals surface area (Å²) in [5.74, 6) is 0.649. The maximum absolute atomic E-state index is 13.1. The van der Waals surface area contributed by atoms with Crippen LogP contribution in [0.25, 0.3) is 0 Å². The molecule has 0 spiro atoms. The molecule has 0 aliphatic rings. The molecule has 2 aromatic carbocycles. The number of aromatic nitrogens is 1. The van der Waals surface area contributed by atoms with Gasteiger partial charge in [-0.05, 0) is 48.4 Å². The summed E-state index contributed by atoms with van der Waals surface area (Å²) >= 11 is 1.42. The Morgan fingerprint density at radius 2 is 2.00 bits per heavy atom. The number of thioether (sulfide) groups is 1. The number of halogens is 1. The highest BCUT2D eigenvalue weighted by Gasteiger charge is 2.13. The van der Waals surface area contributed by atoms with E-state index in [4.69, 9.17) is 10.00 Å². The number of carbonyl (C=O) groups is 1. The SMILES string of the molecule is N#CCCCOc1cccc(NC(=O)c2cccnc2SCc2ccc(F)cc2)c1. The van der Waals surface area contributed by atoms with Gasteiger partial charge in [-0.3, -0.25) is 4.79 Å². The van der Waals surface area contributed by atoms with Crippen LogP contribution in [0.1, 0.15) is 28.8 Å². The molecule has 0 atom stereocenters. The zero-order valence-electron chi connectivity index (χ0n) is 16.2. The number of anilines is 1. The monoisotopic (exact) mass is 421 g/mol. The number of nitriles is 1. The van der Waals surface area contributed by atoms with E-state index in [1.165, 1.54) is 23.9 Å². The lowest BCUT2D eigenvalue weighted by Crippen LogP contribution is -2.13. The van der Waals surface area contributed by atoms with Gasteiger partial charge in [-0.25, -0.2) is 9.37 Å². The van der Waals surface area contributed by atoms with Gasteiger partial charge in [0.2, 0.25) is 0 Å². The molecule has 0 saturated carbocycles. The van der Waals surface area contributed by atoms with E-state index in [1.54, 1.807) is 54.7 Å². The largest absolute Gasteiger partial charge is 0.493 e. The highest BCUT2D eigenvalue weighted by atomic mass is 32.2. The first-order valence-corrected chi connectivity index (χ1v) is 10.4. The first kappa shape index (κ1) is 21.3. The molecule has 0 radical (unpaired) electrons. The number of nitrogens with zero attached hydrogens (tertiary/aromatic N) is 2. The molecule has 0 bridgehead atoms. The smallest absolute Gasteiger partial charge is 0.258 e. The van der Waals surface area contributed by atoms with Gasteiger partial charge in [0.05, 0.1) is 18.2 Å². The Labute approximate surface area is 178 Å². The molecule has 0 unspecified atom stereocenters. The number of hydrogen-bond acceptors (Lipinski definition) is 5. The van der Waals surface area contributed by atoms with Crippen LogP contribution in [-0.4, -0.2) is 17.5 Å². The topological polar surface area (TPSA) is 75.0 Å². The van der Waals surface area contributed by atoms with E-state index >= 15 is 0 Å². The summed E-state index contributed by atoms with van der Waals surface area (Å²) in [7, 11) is 0. The molecular weight excluding hydrogens is 401 g/mol. The zero-order valence-corrected chi connectivity index (χ0v) is 17.0. The number of carbonyl (C=O) groups excluding carboxylic acids is 1. The summed E-state index contributed by atoms with van der Waals surface area (Å²) in [4.78, 5) is 17.1. The summed E-state index contributed by atoms with van der Waals surface area (Å²) in [6.07, 6.45) is 2.73. The van der Waals surface area contributed by atoms with Crippen LogP contribution in [0.3, 0.4) is 0 Å². The molecule has 3 aromatic rings. The first-order valence-electron chi connectivity index (χ1n) is 9.39. The lowest BCUT2D eigenvalue weighted by Gasteiger charge is -2.11. The molecule has 152 valence electrons. The molecule has 0 fully saturated rings. The lowest BCUT2D eigenvalue weighted by molar-refractivity contribution is 0.102. The summed E-state index contributed by atoms with van der Waals surface area (Å²) in [5.41, 5.74) is 2.01. The molecule has 5 nitrogen and oxygen atoms in total. The summed E-state index contributed by atoms with van der Waals surface area (Å²) in [6.45, 7) is 0.442. The number of benzene rings is 2. The normalized spacial score (nSPS) is 10.3. The second kappa shape index (κ2) is 11.0. The van der Waals surface area contributed by atoms with E-state index in [0.29, 0.717) is 47.2 Å². The van der Waals surface area contributed by atoms with Gasteiger partial charge in [-0.15, -0.1) is 11.8 Å². The van der Waals surface area contributed by atoms with Crippen molar-refractivity contribution in [3.8, 4) is 11.8 Å². The predicted molar refractivity (Wildman–Crippen MR) is 115 cm³/mol. The van der Waals surface area contributed by atoms with Crippen molar-refractivity contribution in [1.29, 1.82) is 5.26 Å². The van der Waals surface area contributed by atoms with Crippen LogP contribution in [0.5, 0.6) is 5.75 Å². The zero-order chi connectivity index (χ0) is 21.2. The first-order chi connectivity index (χ1) is 14.7. The van der Waals surface area contributed by atoms with Gasteiger partial charge in [0, 0.05) is 30.1 Å². The Morgan fingerprint density at radius 1 is 1.17 bits per heavy atom. The Balaban J connectivity index is 1.64. The lowest BCUT2D eigenvalue weighted by atomic mass is 10.2. The second-order valence-electron chi connectivity index (χ2n) is 6.36. The van der Waals surface area contributed by atoms with Crippen LogP contribution < -0.4 is 10.1 Å². The highest BCUT2D eigenvalue weighted by Crippen LogP contribution is 2.26. The van der Waals surface area contributed by atoms with Crippen LogP contribution in [0.2, 0.25) is 0 Å². The maximum atomic E-state index is 13.1. The number of hydrogen-bond donors (Lipinski definition) is 1. The van der Waals surface area contributed by atoms with Crippen LogP contribution >= 0.6 is 11.8 Å². The Kier molecular flexibility index (Phi) is 7.81. The van der Waals surface area contributed by atoms with Crippen molar-refractivity contribution in [1.82, 2.24) is 4.98 Å². The third-order valence-corrected chi connectivity index (χ3v) is 5.17. The van der Waals surface area contributed by atoms with Crippen molar-refractivity contribution in [3.05, 3.63) is 83.8 Å². The van der Waals surface area contributed by atoms with Gasteiger partial charge < -0.3 is 10.1 Å². The van der Waals surface area contributed by atoms with E-state index in [0.717, 1.165) is 5.56 Å². The fourth-order valence-corrected chi connectivity index (χ4v) is 3.56. The average Bonchev–Trinajstić information content (AvgIpc) is 2.77. The van der Waals surface area contributed by atoms with Crippen molar-refractivity contribution in [2.75, 3.05) is 11.9 Å². The van der Waals surface area contributed by atoms with Crippen LogP contribution in [0, 0.1) is 17.1 Å². The molecule has 1 heterocycles. The summed E-state index contributed by atoms with van der Waals surface area (Å²) < 4.78 is 18.7. The third kappa shape index (κ3) is 6.33. The molecule has 0 aliphatic heterocycles. The van der Waals surface area contributed by atoms with Gasteiger partial charge in [0.1, 0.15) is 16.6 Å². The Hall–Kier alpha value is -3.37. The van der Waals surface area contributed by atoms with Gasteiger partial charge in [-0.1, -0.05) is 18.2 Å². The molecule has 0 aliphatic carbocycles. The number of unbranched alkanes of at least 4 members (excludes halogenated alkanes) is 1. The fourth-order valence-electron chi connectivity index (χ4n) is 2.61. The number of amides is 1. The minimum absolute atomic E-state index is 0.272. The predicted octanol–water partition coefficient (Wildman–Crippen LogP) is 5.45. The minimum Gasteiger partial charge on any atom is -0.493 e. The van der Waals surface area contributed by atoms with Gasteiger partial charge >= 0.3 is 0 Å².